The fraction of sp³-hybridized carbons (Fsp3) is 0.564. The summed E-state index contributed by atoms with van der Waals surface area (Å²) in [6, 6.07) is 10.8. The third-order valence-electron chi connectivity index (χ3n) is 8.84. The number of carbonyl (C=O) groups is 6. The number of nitrogens with zero attached hydrogens (tertiary/aromatic N) is 4. The molecule has 0 atom stereocenters. The smallest absolute Gasteiger partial charge is 0.293 e. The average Bonchev–Trinajstić information content (AvgIpc) is 3.20. The van der Waals surface area contributed by atoms with Crippen molar-refractivity contribution in [2.24, 2.45) is 7.05 Å². The number of hydroxylamine groups is 6. The van der Waals surface area contributed by atoms with Crippen molar-refractivity contribution in [3.05, 3.63) is 64.1 Å². The van der Waals surface area contributed by atoms with E-state index in [0.717, 1.165) is 5.56 Å². The van der Waals surface area contributed by atoms with Gasteiger partial charge in [0.25, 0.3) is 11.5 Å². The molecule has 2 rings (SSSR count). The Hall–Kier alpha value is -5.33. The molecule has 18 nitrogen and oxygen atoms in total. The first-order valence-electron chi connectivity index (χ1n) is 19.4. The van der Waals surface area contributed by atoms with Gasteiger partial charge in [0.15, 0.2) is 5.75 Å². The summed E-state index contributed by atoms with van der Waals surface area (Å²) in [7, 11) is 1.57. The Bertz CT molecular complexity index is 1640. The number of benzene rings is 1. The van der Waals surface area contributed by atoms with Gasteiger partial charge in [0, 0.05) is 85.1 Å². The molecule has 0 saturated carbocycles. The SMILES string of the molecule is CC(=O)N(O)CCCCCNC(=O)CCC(=O)N(O)CCCCCNC(=O)CCC(=O)N(O)CCCCCNC(=O)c1ccn(C)c(=O)c1OCc1ccccc1. The lowest BCUT2D eigenvalue weighted by atomic mass is 10.2. The molecular weight excluding hydrogens is 742 g/mol. The Morgan fingerprint density at radius 3 is 1.60 bits per heavy atom. The number of ether oxygens (including phenoxy) is 1. The number of aromatic nitrogens is 1. The van der Waals surface area contributed by atoms with Gasteiger partial charge in [-0.2, -0.15) is 0 Å². The maximum absolute atomic E-state index is 12.8. The fourth-order valence-corrected chi connectivity index (χ4v) is 5.38. The van der Waals surface area contributed by atoms with Crippen LogP contribution in [0.25, 0.3) is 0 Å². The molecule has 316 valence electrons. The van der Waals surface area contributed by atoms with Crippen LogP contribution in [-0.2, 0) is 37.6 Å². The van der Waals surface area contributed by atoms with E-state index >= 15 is 0 Å². The summed E-state index contributed by atoms with van der Waals surface area (Å²) >= 11 is 0. The van der Waals surface area contributed by atoms with Crippen molar-refractivity contribution in [1.82, 2.24) is 35.7 Å². The molecule has 0 aliphatic heterocycles. The van der Waals surface area contributed by atoms with Crippen molar-refractivity contribution in [1.29, 1.82) is 0 Å². The van der Waals surface area contributed by atoms with Gasteiger partial charge in [0.1, 0.15) is 6.61 Å². The van der Waals surface area contributed by atoms with Crippen LogP contribution in [-0.4, -0.2) is 110 Å². The summed E-state index contributed by atoms with van der Waals surface area (Å²) in [4.78, 5) is 85.0. The van der Waals surface area contributed by atoms with Gasteiger partial charge in [0.2, 0.25) is 29.5 Å². The highest BCUT2D eigenvalue weighted by Gasteiger charge is 2.18. The summed E-state index contributed by atoms with van der Waals surface area (Å²) in [5.41, 5.74) is 0.561. The zero-order valence-electron chi connectivity index (χ0n) is 33.1. The molecule has 0 aliphatic carbocycles. The summed E-state index contributed by atoms with van der Waals surface area (Å²) in [5.74, 6) is -2.74. The number of pyridine rings is 1. The van der Waals surface area contributed by atoms with E-state index in [2.05, 4.69) is 16.0 Å². The zero-order valence-corrected chi connectivity index (χ0v) is 33.1. The second-order valence-electron chi connectivity index (χ2n) is 13.6. The third-order valence-corrected chi connectivity index (χ3v) is 8.84. The van der Waals surface area contributed by atoms with Gasteiger partial charge in [-0.3, -0.25) is 49.2 Å². The second-order valence-corrected chi connectivity index (χ2v) is 13.6. The number of unbranched alkanes of at least 4 members (excludes halogenated alkanes) is 6. The molecule has 6 amide bonds. The Balaban J connectivity index is 1.49. The molecule has 1 heterocycles. The summed E-state index contributed by atoms with van der Waals surface area (Å²) < 4.78 is 7.08. The van der Waals surface area contributed by atoms with Crippen molar-refractivity contribution < 1.29 is 49.1 Å². The second kappa shape index (κ2) is 27.3. The zero-order chi connectivity index (χ0) is 42.0. The van der Waals surface area contributed by atoms with Crippen molar-refractivity contribution in [2.75, 3.05) is 39.3 Å². The molecule has 57 heavy (non-hydrogen) atoms. The van der Waals surface area contributed by atoms with Crippen molar-refractivity contribution >= 4 is 35.4 Å². The molecule has 0 radical (unpaired) electrons. The van der Waals surface area contributed by atoms with E-state index in [1.807, 2.05) is 30.3 Å². The van der Waals surface area contributed by atoms with Gasteiger partial charge in [-0.15, -0.1) is 0 Å². The van der Waals surface area contributed by atoms with Gasteiger partial charge in [-0.25, -0.2) is 15.2 Å². The minimum absolute atomic E-state index is 0.0349. The van der Waals surface area contributed by atoms with E-state index in [4.69, 9.17) is 4.74 Å². The van der Waals surface area contributed by atoms with Crippen LogP contribution in [0.3, 0.4) is 0 Å². The highest BCUT2D eigenvalue weighted by atomic mass is 16.5. The van der Waals surface area contributed by atoms with Crippen LogP contribution in [0.2, 0.25) is 0 Å². The van der Waals surface area contributed by atoms with Crippen molar-refractivity contribution in [3.8, 4) is 5.75 Å². The van der Waals surface area contributed by atoms with Crippen LogP contribution < -0.4 is 26.2 Å². The summed E-state index contributed by atoms with van der Waals surface area (Å²) in [5, 5.41) is 39.4. The lowest BCUT2D eigenvalue weighted by molar-refractivity contribution is -0.166. The maximum atomic E-state index is 12.8. The molecule has 0 saturated heterocycles. The molecule has 18 heteroatoms. The molecule has 0 spiro atoms. The third kappa shape index (κ3) is 19.9. The number of carbonyl (C=O) groups excluding carboxylic acids is 6. The van der Waals surface area contributed by atoms with E-state index < -0.39 is 29.2 Å². The largest absolute Gasteiger partial charge is 0.482 e. The van der Waals surface area contributed by atoms with Gasteiger partial charge in [-0.1, -0.05) is 30.3 Å². The van der Waals surface area contributed by atoms with Crippen LogP contribution in [0.5, 0.6) is 5.75 Å². The predicted molar refractivity (Wildman–Crippen MR) is 207 cm³/mol. The first-order valence-corrected chi connectivity index (χ1v) is 19.4. The van der Waals surface area contributed by atoms with E-state index in [0.29, 0.717) is 92.6 Å². The average molecular weight is 802 g/mol. The topological polar surface area (TPSA) is 240 Å². The standard InChI is InChI=1S/C39H59N7O11/c1-30(47)44(54)25-12-4-9-22-40-33(48)17-19-35(50)45(55)26-13-5-10-23-41-34(49)18-20-36(51)46(56)27-14-6-11-24-42-38(52)32-21-28-43(2)39(53)37(32)57-29-31-15-7-3-8-16-31/h3,7-8,15-16,21,28,54-56H,4-6,9-14,17-20,22-27,29H2,1-2H3,(H,40,48)(H,41,49)(H,42,52). The van der Waals surface area contributed by atoms with Gasteiger partial charge >= 0.3 is 0 Å². The minimum atomic E-state index is -0.588. The maximum Gasteiger partial charge on any atom is 0.293 e. The monoisotopic (exact) mass is 801 g/mol. The molecule has 0 bridgehead atoms. The predicted octanol–water partition coefficient (Wildman–Crippen LogP) is 2.67. The van der Waals surface area contributed by atoms with E-state index in [9.17, 15) is 49.2 Å². The van der Waals surface area contributed by atoms with E-state index in [1.54, 1.807) is 7.05 Å². The van der Waals surface area contributed by atoms with E-state index in [1.165, 1.54) is 23.8 Å². The number of amides is 6. The molecule has 1 aromatic heterocycles. The highest BCUT2D eigenvalue weighted by Crippen LogP contribution is 2.15. The van der Waals surface area contributed by atoms with Crippen LogP contribution >= 0.6 is 0 Å². The first kappa shape index (κ1) is 47.8. The number of hydrogen-bond donors (Lipinski definition) is 6. The number of aryl methyl sites for hydroxylation is 1. The molecular formula is C39H59N7O11. The van der Waals surface area contributed by atoms with Gasteiger partial charge < -0.3 is 25.3 Å². The molecule has 0 aliphatic rings. The number of rotatable bonds is 28. The normalized spacial score (nSPS) is 10.7. The molecule has 0 unspecified atom stereocenters. The highest BCUT2D eigenvalue weighted by molar-refractivity contribution is 5.96. The minimum Gasteiger partial charge on any atom is -0.482 e. The van der Waals surface area contributed by atoms with Gasteiger partial charge in [0.05, 0.1) is 5.56 Å². The lowest BCUT2D eigenvalue weighted by Gasteiger charge is -2.15. The molecule has 6 N–H and O–H groups in total. The van der Waals surface area contributed by atoms with E-state index in [-0.39, 0.29) is 75.1 Å². The Labute approximate surface area is 333 Å². The van der Waals surface area contributed by atoms with Crippen molar-refractivity contribution in [3.63, 3.8) is 0 Å². The Kier molecular flexibility index (Phi) is 22.9. The van der Waals surface area contributed by atoms with Crippen LogP contribution in [0.15, 0.2) is 47.4 Å². The quantitative estimate of drug-likeness (QED) is 0.0415. The number of nitrogens with one attached hydrogen (secondary N) is 3. The van der Waals surface area contributed by atoms with Crippen LogP contribution in [0.4, 0.5) is 0 Å². The Morgan fingerprint density at radius 1 is 0.632 bits per heavy atom. The van der Waals surface area contributed by atoms with Crippen molar-refractivity contribution in [2.45, 2.75) is 97.0 Å². The van der Waals surface area contributed by atoms with Crippen LogP contribution in [0.1, 0.15) is 106 Å². The first-order chi connectivity index (χ1) is 27.3. The lowest BCUT2D eigenvalue weighted by Crippen LogP contribution is -2.31. The summed E-state index contributed by atoms with van der Waals surface area (Å²) in [6.07, 6.45) is 6.24. The Morgan fingerprint density at radius 2 is 1.11 bits per heavy atom. The fourth-order valence-electron chi connectivity index (χ4n) is 5.38. The molecule has 0 fully saturated rings. The summed E-state index contributed by atoms with van der Waals surface area (Å²) in [6.45, 7) is 2.81. The molecule has 1 aromatic carbocycles. The number of hydrogen-bond acceptors (Lipinski definition) is 11. The van der Waals surface area contributed by atoms with Crippen LogP contribution in [0, 0.1) is 0 Å². The van der Waals surface area contributed by atoms with Gasteiger partial charge in [-0.05, 0) is 69.4 Å². The molecule has 2 aromatic rings.